The van der Waals surface area contributed by atoms with Crippen LogP contribution < -0.4 is 10.1 Å². The highest BCUT2D eigenvalue weighted by atomic mass is 35.5. The number of nitrogens with one attached hydrogen (secondary N) is 1. The number of unbranched alkanes of at least 4 members (excludes halogenated alkanes) is 2. The summed E-state index contributed by atoms with van der Waals surface area (Å²) >= 11 is 5.72. The molecule has 0 radical (unpaired) electrons. The Bertz CT molecular complexity index is 676. The molecule has 3 nitrogen and oxygen atoms in total. The molecule has 0 aliphatic carbocycles. The largest absolute Gasteiger partial charge is 0.493 e. The van der Waals surface area contributed by atoms with Crippen molar-refractivity contribution >= 4 is 23.2 Å². The molecule has 5 heteroatoms. The number of rotatable bonds is 7. The molecule has 0 bridgehead atoms. The molecule has 0 aliphatic heterocycles. The van der Waals surface area contributed by atoms with Crippen LogP contribution in [-0.2, 0) is 0 Å². The van der Waals surface area contributed by atoms with E-state index in [1.165, 1.54) is 18.2 Å². The van der Waals surface area contributed by atoms with Crippen molar-refractivity contribution in [3.8, 4) is 5.75 Å². The Balaban J connectivity index is 2.07. The van der Waals surface area contributed by atoms with Gasteiger partial charge < -0.3 is 10.1 Å². The Morgan fingerprint density at radius 1 is 1.22 bits per heavy atom. The van der Waals surface area contributed by atoms with E-state index >= 15 is 0 Å². The average molecular weight is 336 g/mol. The maximum atomic E-state index is 13.2. The van der Waals surface area contributed by atoms with E-state index in [9.17, 15) is 9.18 Å². The van der Waals surface area contributed by atoms with Crippen LogP contribution in [0.3, 0.4) is 0 Å². The third-order valence-corrected chi connectivity index (χ3v) is 3.60. The molecule has 0 saturated carbocycles. The summed E-state index contributed by atoms with van der Waals surface area (Å²) in [5.74, 6) is -0.308. The van der Waals surface area contributed by atoms with Crippen LogP contribution in [0.15, 0.2) is 42.5 Å². The van der Waals surface area contributed by atoms with Gasteiger partial charge >= 0.3 is 0 Å². The minimum atomic E-state index is -0.524. The molecule has 2 aromatic carbocycles. The van der Waals surface area contributed by atoms with Crippen molar-refractivity contribution in [3.63, 3.8) is 0 Å². The first kappa shape index (κ1) is 17.3. The minimum Gasteiger partial charge on any atom is -0.493 e. The highest BCUT2D eigenvalue weighted by Crippen LogP contribution is 2.23. The molecular formula is C18H19ClFNO2. The lowest BCUT2D eigenvalue weighted by Crippen LogP contribution is -2.14. The number of halogens is 2. The van der Waals surface area contributed by atoms with Crippen molar-refractivity contribution in [2.75, 3.05) is 11.9 Å². The molecule has 0 spiro atoms. The molecule has 0 saturated heterocycles. The predicted molar refractivity (Wildman–Crippen MR) is 90.8 cm³/mol. The van der Waals surface area contributed by atoms with Gasteiger partial charge in [-0.3, -0.25) is 4.79 Å². The molecule has 0 aromatic heterocycles. The van der Waals surface area contributed by atoms with E-state index < -0.39 is 5.82 Å². The van der Waals surface area contributed by atoms with Crippen molar-refractivity contribution in [2.45, 2.75) is 26.2 Å². The lowest BCUT2D eigenvalue weighted by atomic mass is 10.1. The average Bonchev–Trinajstić information content (AvgIpc) is 2.55. The smallest absolute Gasteiger partial charge is 0.259 e. The quantitative estimate of drug-likeness (QED) is 0.697. The van der Waals surface area contributed by atoms with Crippen molar-refractivity contribution < 1.29 is 13.9 Å². The number of carbonyl (C=O) groups is 1. The van der Waals surface area contributed by atoms with Crippen LogP contribution in [0.5, 0.6) is 5.75 Å². The number of para-hydroxylation sites is 1. The van der Waals surface area contributed by atoms with Gasteiger partial charge in [-0.05, 0) is 36.8 Å². The van der Waals surface area contributed by atoms with E-state index in [0.717, 1.165) is 19.3 Å². The third-order valence-electron chi connectivity index (χ3n) is 3.31. The zero-order valence-electron chi connectivity index (χ0n) is 12.9. The molecule has 2 rings (SSSR count). The molecule has 0 fully saturated rings. The molecule has 122 valence electrons. The maximum absolute atomic E-state index is 13.2. The Morgan fingerprint density at radius 2 is 2.00 bits per heavy atom. The number of ether oxygens (including phenoxy) is 1. The first-order chi connectivity index (χ1) is 11.1. The maximum Gasteiger partial charge on any atom is 0.259 e. The van der Waals surface area contributed by atoms with Gasteiger partial charge in [-0.2, -0.15) is 0 Å². The van der Waals surface area contributed by atoms with E-state index in [0.29, 0.717) is 23.6 Å². The van der Waals surface area contributed by atoms with Crippen LogP contribution in [0.25, 0.3) is 0 Å². The molecule has 0 atom stereocenters. The summed E-state index contributed by atoms with van der Waals surface area (Å²) in [6.07, 6.45) is 3.14. The Morgan fingerprint density at radius 3 is 2.74 bits per heavy atom. The second-order valence-electron chi connectivity index (χ2n) is 5.13. The van der Waals surface area contributed by atoms with Crippen molar-refractivity contribution in [3.05, 3.63) is 58.9 Å². The topological polar surface area (TPSA) is 38.3 Å². The summed E-state index contributed by atoms with van der Waals surface area (Å²) in [6.45, 7) is 2.69. The lowest BCUT2D eigenvalue weighted by Gasteiger charge is -2.12. The molecular weight excluding hydrogens is 317 g/mol. The molecule has 0 unspecified atom stereocenters. The van der Waals surface area contributed by atoms with Gasteiger partial charge in [0.05, 0.1) is 17.2 Å². The van der Waals surface area contributed by atoms with Crippen LogP contribution in [0.2, 0.25) is 5.02 Å². The van der Waals surface area contributed by atoms with Gasteiger partial charge in [0.25, 0.3) is 5.91 Å². The SMILES string of the molecule is CCCCCOc1ccccc1C(=O)Nc1ccc(F)c(Cl)c1. The van der Waals surface area contributed by atoms with Gasteiger partial charge in [0.15, 0.2) is 0 Å². The van der Waals surface area contributed by atoms with Gasteiger partial charge in [0, 0.05) is 5.69 Å². The summed E-state index contributed by atoms with van der Waals surface area (Å²) in [6, 6.07) is 11.1. The number of benzene rings is 2. The Labute approximate surface area is 140 Å². The van der Waals surface area contributed by atoms with E-state index in [-0.39, 0.29) is 10.9 Å². The van der Waals surface area contributed by atoms with Crippen LogP contribution in [0, 0.1) is 5.82 Å². The Kier molecular flexibility index (Phi) is 6.41. The predicted octanol–water partition coefficient (Wildman–Crippen LogP) is 5.30. The van der Waals surface area contributed by atoms with E-state index in [2.05, 4.69) is 12.2 Å². The Hall–Kier alpha value is -2.07. The summed E-state index contributed by atoms with van der Waals surface area (Å²) in [5.41, 5.74) is 0.867. The first-order valence-electron chi connectivity index (χ1n) is 7.60. The zero-order valence-corrected chi connectivity index (χ0v) is 13.7. The number of hydrogen-bond donors (Lipinski definition) is 1. The summed E-state index contributed by atoms with van der Waals surface area (Å²) in [7, 11) is 0. The van der Waals surface area contributed by atoms with E-state index in [1.807, 2.05) is 6.07 Å². The summed E-state index contributed by atoms with van der Waals surface area (Å²) in [4.78, 5) is 12.4. The second kappa shape index (κ2) is 8.53. The van der Waals surface area contributed by atoms with E-state index in [4.69, 9.17) is 16.3 Å². The first-order valence-corrected chi connectivity index (χ1v) is 7.98. The number of carbonyl (C=O) groups excluding carboxylic acids is 1. The fourth-order valence-electron chi connectivity index (χ4n) is 2.09. The molecule has 23 heavy (non-hydrogen) atoms. The molecule has 0 heterocycles. The van der Waals surface area contributed by atoms with Crippen molar-refractivity contribution in [1.82, 2.24) is 0 Å². The molecule has 0 aliphatic rings. The van der Waals surface area contributed by atoms with Gasteiger partial charge in [0.2, 0.25) is 0 Å². The third kappa shape index (κ3) is 4.96. The fourth-order valence-corrected chi connectivity index (χ4v) is 2.27. The highest BCUT2D eigenvalue weighted by molar-refractivity contribution is 6.31. The lowest BCUT2D eigenvalue weighted by molar-refractivity contribution is 0.102. The van der Waals surface area contributed by atoms with Gasteiger partial charge in [-0.1, -0.05) is 43.5 Å². The molecule has 1 N–H and O–H groups in total. The summed E-state index contributed by atoms with van der Waals surface area (Å²) < 4.78 is 18.9. The van der Waals surface area contributed by atoms with Gasteiger partial charge in [0.1, 0.15) is 11.6 Å². The number of amides is 1. The van der Waals surface area contributed by atoms with E-state index in [1.54, 1.807) is 18.2 Å². The van der Waals surface area contributed by atoms with Gasteiger partial charge in [-0.25, -0.2) is 4.39 Å². The second-order valence-corrected chi connectivity index (χ2v) is 5.54. The van der Waals surface area contributed by atoms with Crippen LogP contribution >= 0.6 is 11.6 Å². The number of hydrogen-bond acceptors (Lipinski definition) is 2. The van der Waals surface area contributed by atoms with Crippen molar-refractivity contribution in [2.24, 2.45) is 0 Å². The monoisotopic (exact) mass is 335 g/mol. The minimum absolute atomic E-state index is 0.0353. The summed E-state index contributed by atoms with van der Waals surface area (Å²) in [5, 5.41) is 2.66. The van der Waals surface area contributed by atoms with Crippen LogP contribution in [0.4, 0.5) is 10.1 Å². The van der Waals surface area contributed by atoms with Crippen LogP contribution in [0.1, 0.15) is 36.5 Å². The number of anilines is 1. The van der Waals surface area contributed by atoms with Gasteiger partial charge in [-0.15, -0.1) is 0 Å². The fraction of sp³-hybridized carbons (Fsp3) is 0.278. The van der Waals surface area contributed by atoms with Crippen LogP contribution in [-0.4, -0.2) is 12.5 Å². The molecule has 2 aromatic rings. The van der Waals surface area contributed by atoms with Crippen molar-refractivity contribution in [1.29, 1.82) is 0 Å². The molecule has 1 amide bonds. The highest BCUT2D eigenvalue weighted by Gasteiger charge is 2.13. The standard InChI is InChI=1S/C18H19ClFNO2/c1-2-3-6-11-23-17-8-5-4-7-14(17)18(22)21-13-9-10-16(20)15(19)12-13/h4-5,7-10,12H,2-3,6,11H2,1H3,(H,21,22). The zero-order chi connectivity index (χ0) is 16.7. The normalized spacial score (nSPS) is 10.4.